The first-order valence-corrected chi connectivity index (χ1v) is 8.48. The van der Waals surface area contributed by atoms with Crippen molar-refractivity contribution >= 4 is 11.9 Å². The molecule has 6 nitrogen and oxygen atoms in total. The second-order valence-corrected chi connectivity index (χ2v) is 7.24. The number of hydrogen-bond acceptors (Lipinski definition) is 5. The number of carbonyl (C=O) groups excluding carboxylic acids is 2. The molecule has 4 heterocycles. The maximum absolute atomic E-state index is 12.9. The molecule has 23 heavy (non-hydrogen) atoms. The zero-order chi connectivity index (χ0) is 16.2. The summed E-state index contributed by atoms with van der Waals surface area (Å²) in [4.78, 5) is 27.2. The molecule has 0 N–H and O–H groups in total. The molecular formula is C17H23NO5. The van der Waals surface area contributed by atoms with Crippen LogP contribution in [-0.4, -0.2) is 60.4 Å². The highest BCUT2D eigenvalue weighted by Crippen LogP contribution is 2.52. The summed E-state index contributed by atoms with van der Waals surface area (Å²) >= 11 is 0. The third kappa shape index (κ3) is 2.31. The lowest BCUT2D eigenvalue weighted by molar-refractivity contribution is -0.157. The number of esters is 1. The number of amides is 1. The molecule has 6 heteroatoms. The second kappa shape index (κ2) is 5.31. The number of likely N-dealkylation sites (tertiary alicyclic amines) is 1. The molecule has 0 aromatic rings. The van der Waals surface area contributed by atoms with Crippen LogP contribution >= 0.6 is 0 Å². The number of nitrogens with zero attached hydrogens (tertiary/aromatic N) is 1. The Bertz CT molecular complexity index is 553. The first-order chi connectivity index (χ1) is 11.0. The van der Waals surface area contributed by atoms with Crippen LogP contribution in [0.1, 0.15) is 26.7 Å². The number of fused-ring (bicyclic) bond motifs is 1. The molecule has 2 bridgehead atoms. The quantitative estimate of drug-likeness (QED) is 0.568. The van der Waals surface area contributed by atoms with Gasteiger partial charge in [0.05, 0.1) is 30.8 Å². The minimum Gasteiger partial charge on any atom is -0.463 e. The number of rotatable bonds is 4. The molecule has 3 fully saturated rings. The van der Waals surface area contributed by atoms with Gasteiger partial charge < -0.3 is 19.1 Å². The molecule has 0 radical (unpaired) electrons. The lowest BCUT2D eigenvalue weighted by atomic mass is 9.77. The first kappa shape index (κ1) is 15.1. The number of carbonyl (C=O) groups is 2. The average Bonchev–Trinajstić information content (AvgIpc) is 3.21. The fourth-order valence-electron chi connectivity index (χ4n) is 4.35. The first-order valence-electron chi connectivity index (χ1n) is 8.48. The summed E-state index contributed by atoms with van der Waals surface area (Å²) in [7, 11) is 0. The molecule has 1 spiro atoms. The molecular weight excluding hydrogens is 298 g/mol. The number of hydrogen-bond donors (Lipinski definition) is 0. The molecule has 4 aliphatic heterocycles. The fourth-order valence-corrected chi connectivity index (χ4v) is 4.35. The summed E-state index contributed by atoms with van der Waals surface area (Å²) in [5.41, 5.74) is -0.652. The average molecular weight is 321 g/mol. The summed E-state index contributed by atoms with van der Waals surface area (Å²) < 4.78 is 17.1. The highest BCUT2D eigenvalue weighted by Gasteiger charge is 2.67. The molecule has 5 atom stereocenters. The topological polar surface area (TPSA) is 65.1 Å². The predicted octanol–water partition coefficient (Wildman–Crippen LogP) is 0.899. The van der Waals surface area contributed by atoms with Gasteiger partial charge >= 0.3 is 5.97 Å². The zero-order valence-corrected chi connectivity index (χ0v) is 13.6. The van der Waals surface area contributed by atoms with E-state index >= 15 is 0 Å². The second-order valence-electron chi connectivity index (χ2n) is 7.24. The molecule has 3 saturated heterocycles. The Labute approximate surface area is 135 Å². The fraction of sp³-hybridized carbons (Fsp3) is 0.765. The van der Waals surface area contributed by atoms with Gasteiger partial charge in [0, 0.05) is 13.2 Å². The number of ether oxygens (including phenoxy) is 3. The van der Waals surface area contributed by atoms with E-state index in [1.165, 1.54) is 0 Å². The van der Waals surface area contributed by atoms with Crippen molar-refractivity contribution in [3.05, 3.63) is 12.2 Å². The highest BCUT2D eigenvalue weighted by molar-refractivity contribution is 5.91. The smallest absolute Gasteiger partial charge is 0.313 e. The minimum atomic E-state index is -0.652. The van der Waals surface area contributed by atoms with Crippen LogP contribution in [-0.2, 0) is 23.8 Å². The Morgan fingerprint density at radius 3 is 3.04 bits per heavy atom. The van der Waals surface area contributed by atoms with Crippen molar-refractivity contribution in [1.29, 1.82) is 0 Å². The van der Waals surface area contributed by atoms with Crippen molar-refractivity contribution in [3.63, 3.8) is 0 Å². The van der Waals surface area contributed by atoms with Crippen LogP contribution in [0.25, 0.3) is 0 Å². The summed E-state index contributed by atoms with van der Waals surface area (Å²) in [5, 5.41) is 0. The summed E-state index contributed by atoms with van der Waals surface area (Å²) in [6, 6.07) is 0. The van der Waals surface area contributed by atoms with Gasteiger partial charge in [-0.3, -0.25) is 9.59 Å². The van der Waals surface area contributed by atoms with Gasteiger partial charge in [-0.2, -0.15) is 0 Å². The molecule has 0 aromatic heterocycles. The van der Waals surface area contributed by atoms with E-state index in [4.69, 9.17) is 14.2 Å². The third-order valence-electron chi connectivity index (χ3n) is 5.25. The molecule has 126 valence electrons. The summed E-state index contributed by atoms with van der Waals surface area (Å²) in [6.07, 6.45) is 5.49. The maximum atomic E-state index is 12.9. The normalized spacial score (nSPS) is 41.2. The van der Waals surface area contributed by atoms with Crippen LogP contribution in [0.15, 0.2) is 12.2 Å². The monoisotopic (exact) mass is 321 g/mol. The van der Waals surface area contributed by atoms with Crippen molar-refractivity contribution in [2.24, 2.45) is 11.8 Å². The van der Waals surface area contributed by atoms with Crippen molar-refractivity contribution in [2.45, 2.75) is 50.6 Å². The molecule has 1 amide bonds. The molecule has 0 aromatic carbocycles. The molecule has 2 unspecified atom stereocenters. The van der Waals surface area contributed by atoms with Gasteiger partial charge in [-0.05, 0) is 26.7 Å². The molecule has 0 saturated carbocycles. The SMILES string of the molecule is CC(C)OC(=O)C1[C@H]2C(=O)N(CC3CCCO3)C[C@]23C=C[C@H]1O3. The van der Waals surface area contributed by atoms with E-state index in [0.717, 1.165) is 19.4 Å². The van der Waals surface area contributed by atoms with Gasteiger partial charge in [-0.1, -0.05) is 12.2 Å². The van der Waals surface area contributed by atoms with Gasteiger partial charge in [0.1, 0.15) is 11.5 Å². The van der Waals surface area contributed by atoms with E-state index in [2.05, 4.69) is 0 Å². The van der Waals surface area contributed by atoms with Crippen LogP contribution in [0.2, 0.25) is 0 Å². The van der Waals surface area contributed by atoms with Crippen LogP contribution in [0, 0.1) is 11.8 Å². The molecule has 0 aliphatic carbocycles. The Morgan fingerprint density at radius 1 is 1.52 bits per heavy atom. The van der Waals surface area contributed by atoms with Crippen LogP contribution in [0.4, 0.5) is 0 Å². The van der Waals surface area contributed by atoms with Crippen molar-refractivity contribution in [1.82, 2.24) is 4.90 Å². The van der Waals surface area contributed by atoms with Gasteiger partial charge in [0.15, 0.2) is 0 Å². The lowest BCUT2D eigenvalue weighted by Crippen LogP contribution is -2.41. The van der Waals surface area contributed by atoms with E-state index in [0.29, 0.717) is 13.1 Å². The van der Waals surface area contributed by atoms with Gasteiger partial charge in [0.2, 0.25) is 5.91 Å². The van der Waals surface area contributed by atoms with E-state index in [1.54, 1.807) is 0 Å². The van der Waals surface area contributed by atoms with Crippen LogP contribution < -0.4 is 0 Å². The van der Waals surface area contributed by atoms with Gasteiger partial charge in [0.25, 0.3) is 0 Å². The predicted molar refractivity (Wildman–Crippen MR) is 80.5 cm³/mol. The largest absolute Gasteiger partial charge is 0.463 e. The summed E-state index contributed by atoms with van der Waals surface area (Å²) in [5.74, 6) is -1.30. The van der Waals surface area contributed by atoms with Crippen LogP contribution in [0.5, 0.6) is 0 Å². The van der Waals surface area contributed by atoms with Crippen molar-refractivity contribution < 1.29 is 23.8 Å². The van der Waals surface area contributed by atoms with E-state index in [-0.39, 0.29) is 30.2 Å². The molecule has 4 rings (SSSR count). The third-order valence-corrected chi connectivity index (χ3v) is 5.25. The lowest BCUT2D eigenvalue weighted by Gasteiger charge is -2.24. The van der Waals surface area contributed by atoms with E-state index < -0.39 is 17.4 Å². The van der Waals surface area contributed by atoms with Crippen LogP contribution in [0.3, 0.4) is 0 Å². The Balaban J connectivity index is 1.54. The van der Waals surface area contributed by atoms with Crippen molar-refractivity contribution in [3.8, 4) is 0 Å². The van der Waals surface area contributed by atoms with Gasteiger partial charge in [-0.25, -0.2) is 0 Å². The van der Waals surface area contributed by atoms with E-state index in [9.17, 15) is 9.59 Å². The summed E-state index contributed by atoms with van der Waals surface area (Å²) in [6.45, 7) is 5.50. The standard InChI is InChI=1S/C17H23NO5/c1-10(2)22-16(20)13-12-5-6-17(23-12)9-18(15(19)14(13)17)8-11-4-3-7-21-11/h5-6,10-14H,3-4,7-9H2,1-2H3/t11?,12-,13?,14+,17-/m1/s1. The zero-order valence-electron chi connectivity index (χ0n) is 13.6. The van der Waals surface area contributed by atoms with Gasteiger partial charge in [-0.15, -0.1) is 0 Å². The highest BCUT2D eigenvalue weighted by atomic mass is 16.6. The Hall–Kier alpha value is -1.40. The minimum absolute atomic E-state index is 0.00180. The Kier molecular flexibility index (Phi) is 3.50. The maximum Gasteiger partial charge on any atom is 0.313 e. The molecule has 4 aliphatic rings. The van der Waals surface area contributed by atoms with Crippen molar-refractivity contribution in [2.75, 3.05) is 19.7 Å². The van der Waals surface area contributed by atoms with E-state index in [1.807, 2.05) is 30.9 Å². The Morgan fingerprint density at radius 2 is 2.35 bits per heavy atom.